The van der Waals surface area contributed by atoms with Crippen LogP contribution >= 0.6 is 11.8 Å². The van der Waals surface area contributed by atoms with Crippen molar-refractivity contribution in [2.45, 2.75) is 68.4 Å². The minimum absolute atomic E-state index is 0.00867. The summed E-state index contributed by atoms with van der Waals surface area (Å²) in [5, 5.41) is 9.44. The van der Waals surface area contributed by atoms with Crippen molar-refractivity contribution < 1.29 is 54.8 Å². The highest BCUT2D eigenvalue weighted by Crippen LogP contribution is 2.49. The van der Waals surface area contributed by atoms with Gasteiger partial charge in [0.15, 0.2) is 5.82 Å². The van der Waals surface area contributed by atoms with E-state index in [1.807, 2.05) is 7.05 Å². The lowest BCUT2D eigenvalue weighted by Gasteiger charge is -2.39. The number of carboxylic acid groups (broad SMARTS) is 1. The summed E-state index contributed by atoms with van der Waals surface area (Å²) in [6, 6.07) is 14.9. The number of likely N-dealkylation sites (tertiary alicyclic amines) is 1. The summed E-state index contributed by atoms with van der Waals surface area (Å²) in [7, 11) is 4.90. The number of methoxy groups -OCH3 is 2. The third kappa shape index (κ3) is 10.3. The predicted molar refractivity (Wildman–Crippen MR) is 228 cm³/mol. The van der Waals surface area contributed by atoms with Crippen LogP contribution in [0.5, 0.6) is 17.5 Å². The number of anilines is 2. The quantitative estimate of drug-likeness (QED) is 0.0896. The number of thioether (sulfide) groups is 1. The number of piperazine rings is 1. The Bertz CT molecular complexity index is 2430. The molecule has 0 saturated carbocycles. The van der Waals surface area contributed by atoms with Gasteiger partial charge in [-0.3, -0.25) is 0 Å². The van der Waals surface area contributed by atoms with Crippen LogP contribution < -0.4 is 24.0 Å². The summed E-state index contributed by atoms with van der Waals surface area (Å²) in [6.07, 6.45) is -4.72. The first kappa shape index (κ1) is 46.2. The van der Waals surface area contributed by atoms with E-state index in [1.165, 1.54) is 20.3 Å². The number of pyridine rings is 1. The Morgan fingerprint density at radius 1 is 0.906 bits per heavy atom. The molecule has 0 aliphatic carbocycles. The molecule has 1 amide bonds. The largest absolute Gasteiger partial charge is 0.497 e. The maximum Gasteiger partial charge on any atom is 0.446 e. The van der Waals surface area contributed by atoms with Crippen molar-refractivity contribution in [3.8, 4) is 28.8 Å². The second-order valence-corrected chi connectivity index (χ2v) is 16.9. The number of benzene rings is 3. The van der Waals surface area contributed by atoms with Gasteiger partial charge in [-0.25, -0.2) is 14.2 Å². The summed E-state index contributed by atoms with van der Waals surface area (Å²) in [5.74, 6) is -0.528. The third-order valence-electron chi connectivity index (χ3n) is 11.4. The summed E-state index contributed by atoms with van der Waals surface area (Å²) in [6.45, 7) is 3.79. The Kier molecular flexibility index (Phi) is 13.6. The van der Waals surface area contributed by atoms with Crippen LogP contribution in [-0.2, 0) is 19.3 Å². The Balaban J connectivity index is 1.46. The molecular weight excluding hydrogens is 872 g/mol. The molecule has 2 aliphatic heterocycles. The Labute approximate surface area is 368 Å². The zero-order valence-electron chi connectivity index (χ0n) is 35.6. The number of aromatic nitrogens is 3. The van der Waals surface area contributed by atoms with Crippen LogP contribution in [0.3, 0.4) is 0 Å². The summed E-state index contributed by atoms with van der Waals surface area (Å²) >= 11 is -0.787. The van der Waals surface area contributed by atoms with E-state index in [9.17, 15) is 23.1 Å². The van der Waals surface area contributed by atoms with Gasteiger partial charge in [-0.05, 0) is 105 Å². The van der Waals surface area contributed by atoms with Crippen LogP contribution in [0, 0.1) is 12.7 Å². The molecule has 0 radical (unpaired) electrons. The standard InChI is InChI=1S/C44H46F7N7O5S/c1-25-19-34(57(22-27-8-12-30(61-4)13-9-27)23-28-10-14-31(62-5)15-11-28)52-39(36(25)43(46,47)48)35-33(64-44(49,50)51)20-32-38(37(35)45)53-41(63-24-29-7-6-16-55(29)3)54-40(32)58-18-17-56(42(59)60)21-26(58)2/h8-15,19-20,26,29H,6-7,16-18,21-24H2,1-5H3,(H,59,60)/t26-,29-/m0/s1. The first-order valence-electron chi connectivity index (χ1n) is 20.3. The van der Waals surface area contributed by atoms with Gasteiger partial charge in [0.05, 0.1) is 31.0 Å². The number of nitrogens with zero attached hydrogens (tertiary/aromatic N) is 7. The van der Waals surface area contributed by atoms with Crippen LogP contribution in [0.15, 0.2) is 65.6 Å². The molecule has 2 atom stereocenters. The van der Waals surface area contributed by atoms with E-state index in [2.05, 4.69) is 19.9 Å². The van der Waals surface area contributed by atoms with Gasteiger partial charge in [0.25, 0.3) is 0 Å². The highest BCUT2D eigenvalue weighted by Gasteiger charge is 2.41. The fraction of sp³-hybridized carbons (Fsp3) is 0.409. The molecule has 4 heterocycles. The third-order valence-corrected chi connectivity index (χ3v) is 12.2. The number of rotatable bonds is 13. The lowest BCUT2D eigenvalue weighted by molar-refractivity contribution is -0.137. The molecule has 5 aromatic rings. The number of alkyl halides is 6. The fourth-order valence-corrected chi connectivity index (χ4v) is 8.87. The number of hydrogen-bond acceptors (Lipinski definition) is 11. The molecule has 64 heavy (non-hydrogen) atoms. The van der Waals surface area contributed by atoms with E-state index in [1.54, 1.807) is 65.3 Å². The normalized spacial score (nSPS) is 17.2. The number of halogens is 7. The number of carbonyl (C=O) groups is 1. The van der Waals surface area contributed by atoms with E-state index in [0.717, 1.165) is 37.3 Å². The molecule has 1 N–H and O–H groups in total. The van der Waals surface area contributed by atoms with Gasteiger partial charge >= 0.3 is 23.8 Å². The Morgan fingerprint density at radius 3 is 2.05 bits per heavy atom. The molecule has 3 aromatic carbocycles. The minimum Gasteiger partial charge on any atom is -0.497 e. The number of amides is 1. The van der Waals surface area contributed by atoms with Gasteiger partial charge < -0.3 is 38.9 Å². The maximum absolute atomic E-state index is 17.8. The van der Waals surface area contributed by atoms with Gasteiger partial charge in [-0.1, -0.05) is 24.3 Å². The molecule has 7 rings (SSSR count). The van der Waals surface area contributed by atoms with E-state index in [0.29, 0.717) is 22.6 Å². The van der Waals surface area contributed by atoms with Gasteiger partial charge in [-0.15, -0.1) is 0 Å². The molecule has 0 bridgehead atoms. The second-order valence-electron chi connectivity index (χ2n) is 15.8. The van der Waals surface area contributed by atoms with E-state index in [-0.39, 0.29) is 68.4 Å². The van der Waals surface area contributed by atoms with Crippen LogP contribution in [0.4, 0.5) is 47.2 Å². The van der Waals surface area contributed by atoms with Crippen molar-refractivity contribution >= 4 is 40.4 Å². The van der Waals surface area contributed by atoms with Crippen molar-refractivity contribution in [3.63, 3.8) is 0 Å². The van der Waals surface area contributed by atoms with Gasteiger partial charge in [0.2, 0.25) is 0 Å². The van der Waals surface area contributed by atoms with Gasteiger partial charge in [-0.2, -0.15) is 36.3 Å². The van der Waals surface area contributed by atoms with Crippen molar-refractivity contribution in [2.24, 2.45) is 0 Å². The second kappa shape index (κ2) is 18.8. The van der Waals surface area contributed by atoms with Crippen molar-refractivity contribution in [1.29, 1.82) is 0 Å². The molecule has 2 aliphatic rings. The fourth-order valence-electron chi connectivity index (χ4n) is 8.16. The Hall–Kier alpha value is -5.76. The molecule has 2 fully saturated rings. The summed E-state index contributed by atoms with van der Waals surface area (Å²) in [5.41, 5.74) is -8.29. The zero-order chi connectivity index (χ0) is 46.1. The van der Waals surface area contributed by atoms with E-state index < -0.39 is 74.2 Å². The van der Waals surface area contributed by atoms with Crippen LogP contribution in [0.1, 0.15) is 42.0 Å². The number of likely N-dealkylation sites (N-methyl/N-ethyl adjacent to an activating group) is 1. The number of aryl methyl sites for hydroxylation is 1. The molecular formula is C44H46F7N7O5S. The first-order valence-corrected chi connectivity index (χ1v) is 21.1. The van der Waals surface area contributed by atoms with E-state index >= 15 is 17.6 Å². The molecule has 2 saturated heterocycles. The highest BCUT2D eigenvalue weighted by molar-refractivity contribution is 8.00. The SMILES string of the molecule is COc1ccc(CN(Cc2ccc(OC)cc2)c2cc(C)c(C(F)(F)F)c(-c3c(SC(F)(F)F)cc4c(N5CCN(C(=O)O)C[C@@H]5C)nc(OC[C@@H]5CCCN5C)nc4c3F)n2)cc1. The van der Waals surface area contributed by atoms with Crippen molar-refractivity contribution in [1.82, 2.24) is 24.8 Å². The highest BCUT2D eigenvalue weighted by atomic mass is 32.2. The van der Waals surface area contributed by atoms with Crippen LogP contribution in [-0.4, -0.2) is 108 Å². The summed E-state index contributed by atoms with van der Waals surface area (Å²) < 4.78 is 124. The molecule has 2 aromatic heterocycles. The minimum atomic E-state index is -5.21. The van der Waals surface area contributed by atoms with E-state index in [4.69, 9.17) is 14.2 Å². The number of fused-ring (bicyclic) bond motifs is 1. The van der Waals surface area contributed by atoms with Gasteiger partial charge in [0.1, 0.15) is 35.3 Å². The molecule has 0 spiro atoms. The van der Waals surface area contributed by atoms with Crippen molar-refractivity contribution in [2.75, 3.05) is 63.9 Å². The molecule has 12 nitrogen and oxygen atoms in total. The molecule has 20 heteroatoms. The number of ether oxygens (including phenoxy) is 3. The lowest BCUT2D eigenvalue weighted by atomic mass is 9.98. The van der Waals surface area contributed by atoms with Gasteiger partial charge in [0, 0.05) is 55.1 Å². The maximum atomic E-state index is 17.8. The predicted octanol–water partition coefficient (Wildman–Crippen LogP) is 9.66. The van der Waals surface area contributed by atoms with Crippen LogP contribution in [0.25, 0.3) is 22.2 Å². The monoisotopic (exact) mass is 917 g/mol. The number of hydrogen-bond donors (Lipinski definition) is 1. The summed E-state index contributed by atoms with van der Waals surface area (Å²) in [4.78, 5) is 30.7. The van der Waals surface area contributed by atoms with Crippen molar-refractivity contribution in [3.05, 3.63) is 88.7 Å². The Morgan fingerprint density at radius 2 is 1.53 bits per heavy atom. The average molecular weight is 918 g/mol. The van der Waals surface area contributed by atoms with Crippen LogP contribution in [0.2, 0.25) is 0 Å². The zero-order valence-corrected chi connectivity index (χ0v) is 36.4. The average Bonchev–Trinajstić information content (AvgIpc) is 3.66. The smallest absolute Gasteiger partial charge is 0.446 e. The topological polar surface area (TPSA) is 117 Å². The first-order chi connectivity index (χ1) is 30.3. The molecule has 342 valence electrons. The molecule has 0 unspecified atom stereocenters. The lowest BCUT2D eigenvalue weighted by Crippen LogP contribution is -2.53.